The molecule has 5 heteroatoms. The fourth-order valence-electron chi connectivity index (χ4n) is 2.15. The molecular weight excluding hydrogens is 250 g/mol. The molecule has 1 aromatic carbocycles. The number of rotatable bonds is 2. The Morgan fingerprint density at radius 2 is 2.17 bits per heavy atom. The van der Waals surface area contributed by atoms with E-state index in [1.165, 1.54) is 23.6 Å². The van der Waals surface area contributed by atoms with Crippen molar-refractivity contribution in [2.24, 2.45) is 0 Å². The molecule has 0 radical (unpaired) electrons. The third-order valence-electron chi connectivity index (χ3n) is 2.96. The number of thioether (sulfide) groups is 1. The van der Waals surface area contributed by atoms with E-state index in [0.29, 0.717) is 5.75 Å². The first-order chi connectivity index (χ1) is 8.50. The minimum Gasteiger partial charge on any atom is -0.548 e. The average Bonchev–Trinajstić information content (AvgIpc) is 2.73. The van der Waals surface area contributed by atoms with Crippen LogP contribution in [-0.2, 0) is 9.59 Å². The smallest absolute Gasteiger partial charge is 0.221 e. The fourth-order valence-corrected chi connectivity index (χ4v) is 3.61. The summed E-state index contributed by atoms with van der Waals surface area (Å²) in [5.74, 6) is -1.05. The van der Waals surface area contributed by atoms with E-state index >= 15 is 0 Å². The Bertz CT molecular complexity index is 489. The highest BCUT2D eigenvalue weighted by atomic mass is 32.2. The highest BCUT2D eigenvalue weighted by molar-refractivity contribution is 7.99. The van der Waals surface area contributed by atoms with E-state index in [4.69, 9.17) is 0 Å². The number of carbonyl (C=O) groups is 2. The van der Waals surface area contributed by atoms with Gasteiger partial charge in [-0.15, -0.1) is 11.8 Å². The molecule has 1 aliphatic heterocycles. The van der Waals surface area contributed by atoms with Gasteiger partial charge in [0, 0.05) is 12.7 Å². The first-order valence-electron chi connectivity index (χ1n) is 5.68. The zero-order valence-corrected chi connectivity index (χ0v) is 11.1. The van der Waals surface area contributed by atoms with Gasteiger partial charge in [0.05, 0.1) is 12.0 Å². The van der Waals surface area contributed by atoms with Crippen LogP contribution in [0.25, 0.3) is 0 Å². The summed E-state index contributed by atoms with van der Waals surface area (Å²) in [6, 6.07) is 6.94. The highest BCUT2D eigenvalue weighted by Crippen LogP contribution is 2.41. The summed E-state index contributed by atoms with van der Waals surface area (Å²) < 4.78 is 0. The summed E-state index contributed by atoms with van der Waals surface area (Å²) in [5.41, 5.74) is 2.05. The van der Waals surface area contributed by atoms with Crippen molar-refractivity contribution < 1.29 is 14.7 Å². The van der Waals surface area contributed by atoms with Crippen LogP contribution >= 0.6 is 11.8 Å². The van der Waals surface area contributed by atoms with E-state index in [0.717, 1.165) is 11.1 Å². The van der Waals surface area contributed by atoms with E-state index in [1.807, 2.05) is 31.2 Å². The summed E-state index contributed by atoms with van der Waals surface area (Å²) >= 11 is 1.46. The van der Waals surface area contributed by atoms with Gasteiger partial charge in [-0.3, -0.25) is 4.79 Å². The second-order valence-electron chi connectivity index (χ2n) is 4.36. The van der Waals surface area contributed by atoms with E-state index in [2.05, 4.69) is 0 Å². The number of aliphatic carboxylic acids is 1. The number of carboxylic acid groups (broad SMARTS) is 1. The van der Waals surface area contributed by atoms with E-state index in [-0.39, 0.29) is 11.3 Å². The van der Waals surface area contributed by atoms with Crippen LogP contribution in [0.4, 0.5) is 0 Å². The molecular formula is C13H14NO3S-. The zero-order valence-electron chi connectivity index (χ0n) is 10.3. The molecule has 1 heterocycles. The molecule has 1 aliphatic rings. The summed E-state index contributed by atoms with van der Waals surface area (Å²) in [7, 11) is 0. The second-order valence-corrected chi connectivity index (χ2v) is 5.47. The monoisotopic (exact) mass is 264 g/mol. The Labute approximate surface area is 110 Å². The van der Waals surface area contributed by atoms with Gasteiger partial charge in [-0.05, 0) is 12.5 Å². The summed E-state index contributed by atoms with van der Waals surface area (Å²) in [6.45, 7) is 3.36. The third-order valence-corrected chi connectivity index (χ3v) is 4.29. The number of hydrogen-bond acceptors (Lipinski definition) is 4. The van der Waals surface area contributed by atoms with Gasteiger partial charge in [-0.1, -0.05) is 29.8 Å². The van der Waals surface area contributed by atoms with E-state index < -0.39 is 12.0 Å². The maximum Gasteiger partial charge on any atom is 0.221 e. The summed E-state index contributed by atoms with van der Waals surface area (Å²) in [4.78, 5) is 24.1. The molecule has 0 N–H and O–H groups in total. The summed E-state index contributed by atoms with van der Waals surface area (Å²) in [5, 5.41) is 10.8. The van der Waals surface area contributed by atoms with Crippen molar-refractivity contribution in [1.82, 2.24) is 4.90 Å². The van der Waals surface area contributed by atoms with Gasteiger partial charge < -0.3 is 14.8 Å². The summed E-state index contributed by atoms with van der Waals surface area (Å²) in [6.07, 6.45) is 0. The van der Waals surface area contributed by atoms with Crippen molar-refractivity contribution in [3.8, 4) is 0 Å². The van der Waals surface area contributed by atoms with Crippen molar-refractivity contribution >= 4 is 23.6 Å². The molecule has 0 aliphatic carbocycles. The number of carboxylic acids is 1. The Morgan fingerprint density at radius 3 is 2.72 bits per heavy atom. The van der Waals surface area contributed by atoms with Gasteiger partial charge in [-0.25, -0.2) is 0 Å². The van der Waals surface area contributed by atoms with E-state index in [9.17, 15) is 14.7 Å². The molecule has 0 saturated carbocycles. The van der Waals surface area contributed by atoms with E-state index in [1.54, 1.807) is 0 Å². The first kappa shape index (κ1) is 13.0. The molecule has 96 valence electrons. The molecule has 2 rings (SSSR count). The average molecular weight is 264 g/mol. The lowest BCUT2D eigenvalue weighted by Crippen LogP contribution is -2.48. The molecule has 18 heavy (non-hydrogen) atoms. The predicted molar refractivity (Wildman–Crippen MR) is 67.7 cm³/mol. The predicted octanol–water partition coefficient (Wildman–Crippen LogP) is 0.707. The molecule has 0 aromatic heterocycles. The van der Waals surface area contributed by atoms with Crippen LogP contribution in [-0.4, -0.2) is 28.6 Å². The lowest BCUT2D eigenvalue weighted by Gasteiger charge is -2.29. The van der Waals surface area contributed by atoms with Gasteiger partial charge in [0.25, 0.3) is 0 Å². The normalized spacial score (nSPS) is 23.1. The molecule has 0 spiro atoms. The fraction of sp³-hybridized carbons (Fsp3) is 0.385. The largest absolute Gasteiger partial charge is 0.548 e. The first-order valence-corrected chi connectivity index (χ1v) is 6.73. The van der Waals surface area contributed by atoms with Gasteiger partial charge in [0.2, 0.25) is 5.91 Å². The molecule has 0 unspecified atom stereocenters. The Kier molecular flexibility index (Phi) is 3.61. The topological polar surface area (TPSA) is 60.4 Å². The van der Waals surface area contributed by atoms with Crippen molar-refractivity contribution in [3.05, 3.63) is 35.4 Å². The highest BCUT2D eigenvalue weighted by Gasteiger charge is 2.37. The molecule has 2 atom stereocenters. The van der Waals surface area contributed by atoms with Gasteiger partial charge in [-0.2, -0.15) is 0 Å². The number of benzene rings is 1. The van der Waals surface area contributed by atoms with Crippen molar-refractivity contribution in [2.45, 2.75) is 25.3 Å². The van der Waals surface area contributed by atoms with Crippen LogP contribution < -0.4 is 5.11 Å². The molecule has 1 amide bonds. The molecule has 1 fully saturated rings. The van der Waals surface area contributed by atoms with Gasteiger partial charge in [0.1, 0.15) is 5.37 Å². The lowest BCUT2D eigenvalue weighted by molar-refractivity contribution is -0.310. The number of nitrogens with zero attached hydrogens (tertiary/aromatic N) is 1. The number of hydrogen-bond donors (Lipinski definition) is 0. The third kappa shape index (κ3) is 2.36. The van der Waals surface area contributed by atoms with Crippen molar-refractivity contribution in [2.75, 3.05) is 5.75 Å². The molecule has 4 nitrogen and oxygen atoms in total. The van der Waals surface area contributed by atoms with Crippen LogP contribution in [0.2, 0.25) is 0 Å². The lowest BCUT2D eigenvalue weighted by atomic mass is 10.1. The molecule has 1 aromatic rings. The number of amides is 1. The second kappa shape index (κ2) is 5.02. The van der Waals surface area contributed by atoms with Crippen LogP contribution in [0.15, 0.2) is 24.3 Å². The number of aryl methyl sites for hydroxylation is 1. The minimum atomic E-state index is -1.19. The van der Waals surface area contributed by atoms with Gasteiger partial charge in [0.15, 0.2) is 0 Å². The van der Waals surface area contributed by atoms with Crippen LogP contribution in [0.3, 0.4) is 0 Å². The quantitative estimate of drug-likeness (QED) is 0.789. The SMILES string of the molecule is CC(=O)N1[C@@H](c2cccc(C)c2)SC[C@H]1C(=O)[O-]. The maximum atomic E-state index is 11.7. The molecule has 0 bridgehead atoms. The molecule has 1 saturated heterocycles. The van der Waals surface area contributed by atoms with Crippen LogP contribution in [0.5, 0.6) is 0 Å². The van der Waals surface area contributed by atoms with Crippen LogP contribution in [0.1, 0.15) is 23.4 Å². The number of carbonyl (C=O) groups excluding carboxylic acids is 2. The standard InChI is InChI=1S/C13H15NO3S/c1-8-4-3-5-10(6-8)12-14(9(2)15)11(7-18-12)13(16)17/h3-6,11-12H,7H2,1-2H3,(H,16,17)/p-1/t11-,12+/m0/s1. The maximum absolute atomic E-state index is 11.7. The Balaban J connectivity index is 2.33. The minimum absolute atomic E-state index is 0.231. The van der Waals surface area contributed by atoms with Crippen molar-refractivity contribution in [3.63, 3.8) is 0 Å². The van der Waals surface area contributed by atoms with Crippen molar-refractivity contribution in [1.29, 1.82) is 0 Å². The Morgan fingerprint density at radius 1 is 1.44 bits per heavy atom. The van der Waals surface area contributed by atoms with Crippen LogP contribution in [0, 0.1) is 6.92 Å². The zero-order chi connectivity index (χ0) is 13.3. The Hall–Kier alpha value is -1.49. The van der Waals surface area contributed by atoms with Gasteiger partial charge >= 0.3 is 0 Å².